The molecule has 7 nitrogen and oxygen atoms in total. The van der Waals surface area contributed by atoms with Gasteiger partial charge in [-0.15, -0.1) is 0 Å². The van der Waals surface area contributed by atoms with Crippen molar-refractivity contribution >= 4 is 17.4 Å². The molecule has 3 aromatic carbocycles. The van der Waals surface area contributed by atoms with Crippen molar-refractivity contribution < 1.29 is 14.6 Å². The molecule has 3 N–H and O–H groups in total. The number of hydrogen-bond acceptors (Lipinski definition) is 5. The van der Waals surface area contributed by atoms with Gasteiger partial charge in [-0.05, 0) is 56.3 Å². The number of carbonyl (C=O) groups is 1. The molecule has 2 unspecified atom stereocenters. The van der Waals surface area contributed by atoms with Gasteiger partial charge in [-0.2, -0.15) is 5.26 Å². The van der Waals surface area contributed by atoms with E-state index in [2.05, 4.69) is 21.6 Å². The first-order valence-corrected chi connectivity index (χ1v) is 11.2. The Morgan fingerprint density at radius 2 is 1.76 bits per heavy atom. The lowest BCUT2D eigenvalue weighted by molar-refractivity contribution is -0.0586. The van der Waals surface area contributed by atoms with E-state index < -0.39 is 17.7 Å². The average molecular weight is 457 g/mol. The van der Waals surface area contributed by atoms with Gasteiger partial charge in [0.25, 0.3) is 0 Å². The fourth-order valence-corrected chi connectivity index (χ4v) is 4.21. The number of fused-ring (bicyclic) bond motifs is 1. The van der Waals surface area contributed by atoms with Gasteiger partial charge in [0.15, 0.2) is 0 Å². The number of aliphatic hydroxyl groups is 1. The molecule has 0 bridgehead atoms. The van der Waals surface area contributed by atoms with Gasteiger partial charge in [-0.1, -0.05) is 36.4 Å². The van der Waals surface area contributed by atoms with Crippen LogP contribution in [0.5, 0.6) is 5.75 Å². The number of benzene rings is 3. The summed E-state index contributed by atoms with van der Waals surface area (Å²) in [5.41, 5.74) is 1.98. The van der Waals surface area contributed by atoms with Crippen LogP contribution in [0.25, 0.3) is 0 Å². The highest BCUT2D eigenvalue weighted by Crippen LogP contribution is 2.44. The third-order valence-electron chi connectivity index (χ3n) is 5.94. The van der Waals surface area contributed by atoms with Crippen LogP contribution in [0, 0.1) is 11.3 Å². The lowest BCUT2D eigenvalue weighted by Gasteiger charge is -2.47. The first kappa shape index (κ1) is 23.1. The van der Waals surface area contributed by atoms with Gasteiger partial charge in [0.05, 0.1) is 17.7 Å². The average Bonchev–Trinajstić information content (AvgIpc) is 2.84. The van der Waals surface area contributed by atoms with E-state index in [1.54, 1.807) is 18.2 Å². The Labute approximate surface area is 199 Å². The second-order valence-corrected chi connectivity index (χ2v) is 8.74. The Morgan fingerprint density at radius 1 is 1.09 bits per heavy atom. The molecule has 174 valence electrons. The zero-order chi connectivity index (χ0) is 24.1. The highest BCUT2D eigenvalue weighted by molar-refractivity contribution is 5.89. The molecule has 1 aliphatic heterocycles. The van der Waals surface area contributed by atoms with Crippen molar-refractivity contribution in [2.45, 2.75) is 31.6 Å². The molecule has 4 rings (SSSR count). The number of urea groups is 1. The summed E-state index contributed by atoms with van der Waals surface area (Å²) in [6, 6.07) is 25.6. The second kappa shape index (κ2) is 9.86. The summed E-state index contributed by atoms with van der Waals surface area (Å²) < 4.78 is 6.09. The summed E-state index contributed by atoms with van der Waals surface area (Å²) in [7, 11) is 0. The van der Waals surface area contributed by atoms with E-state index in [1.807, 2.05) is 74.5 Å². The molecular weight excluding hydrogens is 428 g/mol. The summed E-state index contributed by atoms with van der Waals surface area (Å²) in [6.45, 7) is 4.46. The van der Waals surface area contributed by atoms with Gasteiger partial charge in [-0.25, -0.2) is 4.79 Å². The summed E-state index contributed by atoms with van der Waals surface area (Å²) in [5, 5.41) is 26.6. The molecule has 0 radical (unpaired) electrons. The van der Waals surface area contributed by atoms with E-state index in [4.69, 9.17) is 4.74 Å². The number of nitrogens with one attached hydrogen (secondary N) is 2. The van der Waals surface area contributed by atoms with Crippen molar-refractivity contribution in [1.29, 1.82) is 5.26 Å². The first-order valence-electron chi connectivity index (χ1n) is 11.2. The Kier molecular flexibility index (Phi) is 6.71. The predicted octanol–water partition coefficient (Wildman–Crippen LogP) is 4.46. The Hall–Kier alpha value is -4.02. The predicted molar refractivity (Wildman–Crippen MR) is 132 cm³/mol. The number of rotatable bonds is 6. The minimum atomic E-state index is -0.882. The molecule has 0 fully saturated rings. The summed E-state index contributed by atoms with van der Waals surface area (Å²) in [5.74, 6) is 0.634. The number of nitriles is 1. The summed E-state index contributed by atoms with van der Waals surface area (Å²) >= 11 is 0. The van der Waals surface area contributed by atoms with Crippen LogP contribution in [0.15, 0.2) is 78.9 Å². The van der Waals surface area contributed by atoms with Crippen LogP contribution in [-0.4, -0.2) is 35.9 Å². The van der Waals surface area contributed by atoms with Crippen LogP contribution in [-0.2, 0) is 0 Å². The molecule has 1 aliphatic rings. The molecule has 0 saturated carbocycles. The minimum Gasteiger partial charge on any atom is -0.485 e. The van der Waals surface area contributed by atoms with E-state index in [0.29, 0.717) is 30.1 Å². The monoisotopic (exact) mass is 456 g/mol. The standard InChI is InChI=1S/C27H28N4O3/c1-27(2)25(32)24(22-17-19(18-28)13-14-23(22)34-27)31(21-11-7-4-8-12-21)16-15-29-26(33)30-20-9-5-3-6-10-20/h3-14,17,24-25,32H,15-16H2,1-2H3,(H2,29,30,33). The fourth-order valence-electron chi connectivity index (χ4n) is 4.21. The summed E-state index contributed by atoms with van der Waals surface area (Å²) in [4.78, 5) is 14.5. The van der Waals surface area contributed by atoms with Crippen molar-refractivity contribution in [3.8, 4) is 11.8 Å². The largest absolute Gasteiger partial charge is 0.485 e. The number of aliphatic hydroxyl groups excluding tert-OH is 1. The SMILES string of the molecule is CC1(C)Oc2ccc(C#N)cc2C(N(CCNC(=O)Nc2ccccc2)c2ccccc2)C1O. The molecule has 3 aromatic rings. The van der Waals surface area contributed by atoms with Crippen molar-refractivity contribution in [3.63, 3.8) is 0 Å². The molecule has 7 heteroatoms. The maximum Gasteiger partial charge on any atom is 0.319 e. The molecule has 2 atom stereocenters. The molecule has 1 heterocycles. The van der Waals surface area contributed by atoms with Crippen LogP contribution in [0.2, 0.25) is 0 Å². The number of nitrogens with zero attached hydrogens (tertiary/aromatic N) is 2. The van der Waals surface area contributed by atoms with Gasteiger partial charge in [0, 0.05) is 30.0 Å². The maximum atomic E-state index is 12.4. The fraction of sp³-hybridized carbons (Fsp3) is 0.259. The number of carbonyl (C=O) groups excluding carboxylic acids is 1. The van der Waals surface area contributed by atoms with Crippen molar-refractivity contribution in [2.75, 3.05) is 23.3 Å². The molecule has 0 saturated heterocycles. The minimum absolute atomic E-state index is 0.306. The van der Waals surface area contributed by atoms with E-state index in [9.17, 15) is 15.2 Å². The van der Waals surface area contributed by atoms with Crippen molar-refractivity contribution in [2.24, 2.45) is 0 Å². The number of ether oxygens (including phenoxy) is 1. The number of anilines is 2. The van der Waals surface area contributed by atoms with Crippen molar-refractivity contribution in [3.05, 3.63) is 90.0 Å². The third kappa shape index (κ3) is 4.98. The molecule has 0 spiro atoms. The molecule has 0 aliphatic carbocycles. The van der Waals surface area contributed by atoms with Gasteiger partial charge >= 0.3 is 6.03 Å². The van der Waals surface area contributed by atoms with Crippen LogP contribution in [0.1, 0.15) is 31.0 Å². The Bertz CT molecular complexity index is 1180. The zero-order valence-corrected chi connectivity index (χ0v) is 19.2. The van der Waals surface area contributed by atoms with Crippen LogP contribution in [0.4, 0.5) is 16.2 Å². The van der Waals surface area contributed by atoms with Gasteiger partial charge < -0.3 is 25.4 Å². The highest BCUT2D eigenvalue weighted by Gasteiger charge is 2.45. The van der Waals surface area contributed by atoms with Gasteiger partial charge in [0.2, 0.25) is 0 Å². The molecular formula is C27H28N4O3. The molecule has 34 heavy (non-hydrogen) atoms. The first-order chi connectivity index (χ1) is 16.4. The molecule has 0 aromatic heterocycles. The Balaban J connectivity index is 1.61. The second-order valence-electron chi connectivity index (χ2n) is 8.74. The topological polar surface area (TPSA) is 97.6 Å². The quantitative estimate of drug-likeness (QED) is 0.509. The third-order valence-corrected chi connectivity index (χ3v) is 5.94. The Morgan fingerprint density at radius 3 is 2.44 bits per heavy atom. The maximum absolute atomic E-state index is 12.4. The van der Waals surface area contributed by atoms with Crippen LogP contribution >= 0.6 is 0 Å². The van der Waals surface area contributed by atoms with E-state index in [0.717, 1.165) is 11.3 Å². The van der Waals surface area contributed by atoms with Gasteiger partial charge in [0.1, 0.15) is 17.5 Å². The number of para-hydroxylation sites is 2. The number of amides is 2. The summed E-state index contributed by atoms with van der Waals surface area (Å²) in [6.07, 6.45) is -0.882. The van der Waals surface area contributed by atoms with Crippen LogP contribution < -0.4 is 20.3 Å². The highest BCUT2D eigenvalue weighted by atomic mass is 16.5. The lowest BCUT2D eigenvalue weighted by atomic mass is 9.84. The van der Waals surface area contributed by atoms with Crippen LogP contribution in [0.3, 0.4) is 0 Å². The number of hydrogen-bond donors (Lipinski definition) is 3. The lowest BCUT2D eigenvalue weighted by Crippen LogP contribution is -2.54. The van der Waals surface area contributed by atoms with E-state index in [1.165, 1.54) is 0 Å². The molecule has 2 amide bonds. The normalized spacial score (nSPS) is 18.1. The van der Waals surface area contributed by atoms with E-state index >= 15 is 0 Å². The zero-order valence-electron chi connectivity index (χ0n) is 19.2. The van der Waals surface area contributed by atoms with Gasteiger partial charge in [-0.3, -0.25) is 0 Å². The van der Waals surface area contributed by atoms with Crippen molar-refractivity contribution in [1.82, 2.24) is 5.32 Å². The van der Waals surface area contributed by atoms with E-state index in [-0.39, 0.29) is 6.03 Å². The smallest absolute Gasteiger partial charge is 0.319 e.